The highest BCUT2D eigenvalue weighted by atomic mass is 35.5. The van der Waals surface area contributed by atoms with E-state index in [0.717, 1.165) is 11.3 Å². The van der Waals surface area contributed by atoms with Crippen molar-refractivity contribution in [2.24, 2.45) is 0 Å². The molecule has 0 atom stereocenters. The Bertz CT molecular complexity index is 749. The summed E-state index contributed by atoms with van der Waals surface area (Å²) in [6.45, 7) is 2.45. The number of nitro benzene ring substituents is 1. The molecule has 1 amide bonds. The number of rotatable bonds is 7. The lowest BCUT2D eigenvalue weighted by atomic mass is 10.1. The highest BCUT2D eigenvalue weighted by molar-refractivity contribution is 6.32. The maximum atomic E-state index is 12.1. The molecule has 0 spiro atoms. The molecule has 24 heavy (non-hydrogen) atoms. The van der Waals surface area contributed by atoms with Crippen molar-refractivity contribution >= 4 is 28.9 Å². The first kappa shape index (κ1) is 17.7. The summed E-state index contributed by atoms with van der Waals surface area (Å²) in [6, 6.07) is 11.7. The first-order valence-corrected chi connectivity index (χ1v) is 7.83. The first-order valence-electron chi connectivity index (χ1n) is 7.45. The average molecular weight is 349 g/mol. The molecular weight excluding hydrogens is 332 g/mol. The van der Waals surface area contributed by atoms with E-state index in [4.69, 9.17) is 16.3 Å². The second kappa shape index (κ2) is 8.31. The van der Waals surface area contributed by atoms with E-state index in [9.17, 15) is 14.9 Å². The lowest BCUT2D eigenvalue weighted by Gasteiger charge is -2.10. The van der Waals surface area contributed by atoms with Gasteiger partial charge < -0.3 is 10.1 Å². The number of benzene rings is 2. The molecule has 0 aliphatic heterocycles. The van der Waals surface area contributed by atoms with Crippen LogP contribution in [-0.2, 0) is 11.2 Å². The van der Waals surface area contributed by atoms with Gasteiger partial charge in [-0.15, -0.1) is 0 Å². The van der Waals surface area contributed by atoms with Crippen LogP contribution in [0.15, 0.2) is 42.5 Å². The van der Waals surface area contributed by atoms with Gasteiger partial charge in [-0.05, 0) is 37.1 Å². The minimum atomic E-state index is -0.587. The number of aryl methyl sites for hydroxylation is 1. The summed E-state index contributed by atoms with van der Waals surface area (Å²) in [5.41, 5.74) is 1.04. The lowest BCUT2D eigenvalue weighted by Crippen LogP contribution is -2.12. The first-order chi connectivity index (χ1) is 11.5. The van der Waals surface area contributed by atoms with Gasteiger partial charge in [0, 0.05) is 18.2 Å². The van der Waals surface area contributed by atoms with Crippen molar-refractivity contribution < 1.29 is 14.5 Å². The summed E-state index contributed by atoms with van der Waals surface area (Å²) < 4.78 is 5.52. The van der Waals surface area contributed by atoms with E-state index in [1.807, 2.05) is 31.2 Å². The zero-order chi connectivity index (χ0) is 17.5. The topological polar surface area (TPSA) is 81.5 Å². The molecule has 0 radical (unpaired) electrons. The highest BCUT2D eigenvalue weighted by Crippen LogP contribution is 2.27. The molecule has 7 heteroatoms. The SMILES string of the molecule is CCOc1ccccc1CCC(=O)Nc1ccc(Cl)c([N+](=O)[O-])c1. The maximum Gasteiger partial charge on any atom is 0.289 e. The molecule has 0 aliphatic carbocycles. The zero-order valence-corrected chi connectivity index (χ0v) is 13.9. The molecule has 0 saturated carbocycles. The minimum Gasteiger partial charge on any atom is -0.494 e. The highest BCUT2D eigenvalue weighted by Gasteiger charge is 2.14. The number of nitrogens with zero attached hydrogens (tertiary/aromatic N) is 1. The molecule has 1 N–H and O–H groups in total. The number of nitro groups is 1. The molecule has 0 aromatic heterocycles. The van der Waals surface area contributed by atoms with E-state index in [1.54, 1.807) is 0 Å². The molecule has 0 heterocycles. The number of carbonyl (C=O) groups excluding carboxylic acids is 1. The van der Waals surface area contributed by atoms with Crippen molar-refractivity contribution in [1.29, 1.82) is 0 Å². The molecule has 0 fully saturated rings. The Hall–Kier alpha value is -2.60. The Morgan fingerprint density at radius 1 is 1.29 bits per heavy atom. The van der Waals surface area contributed by atoms with Crippen LogP contribution < -0.4 is 10.1 Å². The predicted molar refractivity (Wildman–Crippen MR) is 92.7 cm³/mol. The Morgan fingerprint density at radius 3 is 2.75 bits per heavy atom. The predicted octanol–water partition coefficient (Wildman–Crippen LogP) is 4.22. The number of halogens is 1. The number of ether oxygens (including phenoxy) is 1. The number of nitrogens with one attached hydrogen (secondary N) is 1. The molecule has 6 nitrogen and oxygen atoms in total. The third-order valence-electron chi connectivity index (χ3n) is 3.32. The van der Waals surface area contributed by atoms with Crippen LogP contribution in [0.5, 0.6) is 5.75 Å². The standard InChI is InChI=1S/C17H17ClN2O4/c1-2-24-16-6-4-3-5-12(16)7-10-17(21)19-13-8-9-14(18)15(11-13)20(22)23/h3-6,8-9,11H,2,7,10H2,1H3,(H,19,21). The summed E-state index contributed by atoms with van der Waals surface area (Å²) in [5, 5.41) is 13.5. The van der Waals surface area contributed by atoms with E-state index >= 15 is 0 Å². The van der Waals surface area contributed by atoms with Gasteiger partial charge in [0.1, 0.15) is 10.8 Å². The number of hydrogen-bond acceptors (Lipinski definition) is 4. The second-order valence-electron chi connectivity index (χ2n) is 5.01. The van der Waals surface area contributed by atoms with Gasteiger partial charge in [-0.3, -0.25) is 14.9 Å². The average Bonchev–Trinajstić information content (AvgIpc) is 2.56. The number of para-hydroxylation sites is 1. The minimum absolute atomic E-state index is 0.0311. The van der Waals surface area contributed by atoms with Crippen molar-refractivity contribution in [3.05, 3.63) is 63.2 Å². The summed E-state index contributed by atoms with van der Waals surface area (Å²) in [7, 11) is 0. The van der Waals surface area contributed by atoms with Crippen molar-refractivity contribution in [3.8, 4) is 5.75 Å². The normalized spacial score (nSPS) is 10.2. The fourth-order valence-corrected chi connectivity index (χ4v) is 2.40. The molecule has 0 aliphatic rings. The number of carbonyl (C=O) groups is 1. The lowest BCUT2D eigenvalue weighted by molar-refractivity contribution is -0.384. The van der Waals surface area contributed by atoms with Crippen LogP contribution in [0.4, 0.5) is 11.4 Å². The van der Waals surface area contributed by atoms with E-state index in [2.05, 4.69) is 5.32 Å². The van der Waals surface area contributed by atoms with Gasteiger partial charge in [0.25, 0.3) is 5.69 Å². The van der Waals surface area contributed by atoms with Gasteiger partial charge >= 0.3 is 0 Å². The van der Waals surface area contributed by atoms with Crippen LogP contribution in [0.3, 0.4) is 0 Å². The summed E-state index contributed by atoms with van der Waals surface area (Å²) in [4.78, 5) is 22.3. The number of amides is 1. The van der Waals surface area contributed by atoms with Gasteiger partial charge in [-0.2, -0.15) is 0 Å². The molecule has 0 unspecified atom stereocenters. The van der Waals surface area contributed by atoms with Crippen molar-refractivity contribution in [3.63, 3.8) is 0 Å². The largest absolute Gasteiger partial charge is 0.494 e. The fraction of sp³-hybridized carbons (Fsp3) is 0.235. The fourth-order valence-electron chi connectivity index (χ4n) is 2.21. The van der Waals surface area contributed by atoms with Crippen molar-refractivity contribution in [2.45, 2.75) is 19.8 Å². The van der Waals surface area contributed by atoms with Gasteiger partial charge in [-0.25, -0.2) is 0 Å². The smallest absolute Gasteiger partial charge is 0.289 e. The molecule has 126 valence electrons. The molecule has 0 bridgehead atoms. The van der Waals surface area contributed by atoms with Gasteiger partial charge in [-0.1, -0.05) is 29.8 Å². The maximum absolute atomic E-state index is 12.1. The Morgan fingerprint density at radius 2 is 2.04 bits per heavy atom. The monoisotopic (exact) mass is 348 g/mol. The van der Waals surface area contributed by atoms with Crippen LogP contribution in [0, 0.1) is 10.1 Å². The quantitative estimate of drug-likeness (QED) is 0.600. The Balaban J connectivity index is 1.99. The number of anilines is 1. The van der Waals surface area contributed by atoms with Gasteiger partial charge in [0.05, 0.1) is 11.5 Å². The zero-order valence-electron chi connectivity index (χ0n) is 13.1. The van der Waals surface area contributed by atoms with Crippen molar-refractivity contribution in [1.82, 2.24) is 0 Å². The van der Waals surface area contributed by atoms with Crippen LogP contribution in [-0.4, -0.2) is 17.4 Å². The van der Waals surface area contributed by atoms with Gasteiger partial charge in [0.15, 0.2) is 0 Å². The molecular formula is C17H17ClN2O4. The van der Waals surface area contributed by atoms with Crippen molar-refractivity contribution in [2.75, 3.05) is 11.9 Å². The summed E-state index contributed by atoms with van der Waals surface area (Å²) in [6.07, 6.45) is 0.748. The van der Waals surface area contributed by atoms with Crippen LogP contribution in [0.25, 0.3) is 0 Å². The molecule has 2 aromatic carbocycles. The van der Waals surface area contributed by atoms with Crippen LogP contribution in [0.2, 0.25) is 5.02 Å². The van der Waals surface area contributed by atoms with E-state index in [0.29, 0.717) is 18.7 Å². The van der Waals surface area contributed by atoms with E-state index < -0.39 is 4.92 Å². The second-order valence-corrected chi connectivity index (χ2v) is 5.42. The van der Waals surface area contributed by atoms with Crippen LogP contribution >= 0.6 is 11.6 Å². The van der Waals surface area contributed by atoms with Crippen LogP contribution in [0.1, 0.15) is 18.9 Å². The molecule has 0 saturated heterocycles. The van der Waals surface area contributed by atoms with Gasteiger partial charge in [0.2, 0.25) is 5.91 Å². The third kappa shape index (κ3) is 4.70. The third-order valence-corrected chi connectivity index (χ3v) is 3.64. The summed E-state index contributed by atoms with van der Waals surface area (Å²) >= 11 is 5.75. The Labute approximate surface area is 144 Å². The summed E-state index contributed by atoms with van der Waals surface area (Å²) in [5.74, 6) is 0.521. The molecule has 2 rings (SSSR count). The Kier molecular flexibility index (Phi) is 6.14. The number of hydrogen-bond donors (Lipinski definition) is 1. The van der Waals surface area contributed by atoms with E-state index in [1.165, 1.54) is 18.2 Å². The van der Waals surface area contributed by atoms with E-state index in [-0.39, 0.29) is 23.0 Å². The molecule has 2 aromatic rings.